The summed E-state index contributed by atoms with van der Waals surface area (Å²) in [6.07, 6.45) is 9.25. The second kappa shape index (κ2) is 20.1. The van der Waals surface area contributed by atoms with Crippen LogP contribution in [0.2, 0.25) is 0 Å². The fourth-order valence-corrected chi connectivity index (χ4v) is 8.11. The zero-order valence-corrected chi connectivity index (χ0v) is 34.2. The highest BCUT2D eigenvalue weighted by atomic mass is 32.2. The van der Waals surface area contributed by atoms with Crippen molar-refractivity contribution in [3.05, 3.63) is 96.1 Å². The van der Waals surface area contributed by atoms with Crippen molar-refractivity contribution in [2.45, 2.75) is 83.2 Å². The van der Waals surface area contributed by atoms with E-state index in [4.69, 9.17) is 13.7 Å². The predicted molar refractivity (Wildman–Crippen MR) is 220 cm³/mol. The van der Waals surface area contributed by atoms with Gasteiger partial charge in [0.1, 0.15) is 18.6 Å². The van der Waals surface area contributed by atoms with Crippen LogP contribution in [-0.2, 0) is 47.3 Å². The van der Waals surface area contributed by atoms with Gasteiger partial charge in [0.25, 0.3) is 16.0 Å². The van der Waals surface area contributed by atoms with Crippen LogP contribution in [0.25, 0.3) is 17.2 Å². The van der Waals surface area contributed by atoms with Crippen LogP contribution in [0.5, 0.6) is 5.75 Å². The average Bonchev–Trinajstić information content (AvgIpc) is 3.58. The zero-order valence-electron chi connectivity index (χ0n) is 32.5. The number of rotatable bonds is 19. The quantitative estimate of drug-likeness (QED) is 0.0569. The summed E-state index contributed by atoms with van der Waals surface area (Å²) >= 11 is -1.29. The van der Waals surface area contributed by atoms with Gasteiger partial charge in [-0.15, -0.1) is 0 Å². The Kier molecular flexibility index (Phi) is 15.4. The van der Waals surface area contributed by atoms with E-state index in [9.17, 15) is 17.8 Å². The number of carbonyl (C=O) groups is 1. The number of carbonyl (C=O) groups excluding carboxylic acids is 1. The van der Waals surface area contributed by atoms with Gasteiger partial charge in [-0.1, -0.05) is 52.3 Å². The minimum absolute atomic E-state index is 0.199. The van der Waals surface area contributed by atoms with Crippen molar-refractivity contribution in [3.8, 4) is 16.9 Å². The van der Waals surface area contributed by atoms with Crippen molar-refractivity contribution in [3.63, 3.8) is 0 Å². The van der Waals surface area contributed by atoms with Crippen LogP contribution in [0.4, 0.5) is 11.4 Å². The Hall–Kier alpha value is -4.14. The van der Waals surface area contributed by atoms with E-state index in [2.05, 4.69) is 38.0 Å². The molecule has 1 aromatic heterocycles. The van der Waals surface area contributed by atoms with Crippen LogP contribution in [-0.4, -0.2) is 67.3 Å². The van der Waals surface area contributed by atoms with Gasteiger partial charge in [-0.2, -0.15) is 8.42 Å². The molecule has 13 heteroatoms. The topological polar surface area (TPSA) is 135 Å². The molecule has 1 aliphatic heterocycles. The van der Waals surface area contributed by atoms with E-state index in [0.717, 1.165) is 72.5 Å². The first-order valence-corrected chi connectivity index (χ1v) is 22.2. The Balaban J connectivity index is 1.39. The molecule has 3 aromatic carbocycles. The number of nitrogens with zero attached hydrogens (tertiary/aromatic N) is 3. The molecule has 0 bridgehead atoms. The summed E-state index contributed by atoms with van der Waals surface area (Å²) in [5.41, 5.74) is 5.37. The van der Waals surface area contributed by atoms with Crippen molar-refractivity contribution in [2.75, 3.05) is 42.8 Å². The maximum Gasteiger partial charge on any atom is 0.266 e. The van der Waals surface area contributed by atoms with Gasteiger partial charge in [-0.3, -0.25) is 4.79 Å². The van der Waals surface area contributed by atoms with Crippen LogP contribution >= 0.6 is 0 Å². The molecule has 0 spiro atoms. The van der Waals surface area contributed by atoms with E-state index in [1.807, 2.05) is 58.0 Å². The van der Waals surface area contributed by atoms with Gasteiger partial charge in [0.15, 0.2) is 10.6 Å². The molecule has 0 fully saturated rings. The molecular weight excluding hydrogens is 737 g/mol. The van der Waals surface area contributed by atoms with Crippen molar-refractivity contribution in [1.82, 2.24) is 9.55 Å². The highest BCUT2D eigenvalue weighted by Gasteiger charge is 2.29. The maximum atomic E-state index is 13.9. The fraction of sp³-hybridized carbons (Fsp3) is 0.429. The molecule has 1 amide bonds. The normalized spacial score (nSPS) is 15.2. The van der Waals surface area contributed by atoms with Crippen LogP contribution < -0.4 is 15.0 Å². The van der Waals surface area contributed by atoms with Crippen molar-refractivity contribution >= 4 is 44.7 Å². The third-order valence-corrected chi connectivity index (χ3v) is 11.0. The number of amides is 1. The van der Waals surface area contributed by atoms with Crippen LogP contribution in [0.15, 0.2) is 89.7 Å². The average molecular weight is 791 g/mol. The third-order valence-electron chi connectivity index (χ3n) is 9.06. The molecule has 0 aliphatic carbocycles. The number of aryl methyl sites for hydroxylation is 1. The molecular formula is C42H54N4O7S2. The Morgan fingerprint density at radius 2 is 1.75 bits per heavy atom. The summed E-state index contributed by atoms with van der Waals surface area (Å²) in [7, 11) is -3.82. The summed E-state index contributed by atoms with van der Waals surface area (Å²) in [6.45, 7) is 11.5. The fourth-order valence-electron chi connectivity index (χ4n) is 6.39. The molecule has 0 saturated carbocycles. The Morgan fingerprint density at radius 3 is 2.44 bits per heavy atom. The van der Waals surface area contributed by atoms with Gasteiger partial charge in [0, 0.05) is 36.6 Å². The number of hydrogen-bond donors (Lipinski definition) is 1. The van der Waals surface area contributed by atoms with Gasteiger partial charge in [-0.25, -0.2) is 9.17 Å². The summed E-state index contributed by atoms with van der Waals surface area (Å²) in [5.74, 6) is 0.974. The molecule has 4 aromatic rings. The second-order valence-corrected chi connectivity index (χ2v) is 17.2. The number of fused-ring (bicyclic) bond motifs is 1. The van der Waals surface area contributed by atoms with Crippen molar-refractivity contribution in [1.29, 1.82) is 0 Å². The highest BCUT2D eigenvalue weighted by Crippen LogP contribution is 2.36. The summed E-state index contributed by atoms with van der Waals surface area (Å²) in [5, 5.41) is 3.00. The molecule has 0 radical (unpaired) electrons. The number of imidazole rings is 1. The van der Waals surface area contributed by atoms with E-state index in [-0.39, 0.29) is 24.7 Å². The molecule has 1 unspecified atom stereocenters. The summed E-state index contributed by atoms with van der Waals surface area (Å²) in [6, 6.07) is 20.8. The third kappa shape index (κ3) is 12.4. The molecule has 55 heavy (non-hydrogen) atoms. The highest BCUT2D eigenvalue weighted by molar-refractivity contribution is 7.90. The van der Waals surface area contributed by atoms with Gasteiger partial charge in [0.05, 0.1) is 31.1 Å². The Morgan fingerprint density at radius 1 is 1.00 bits per heavy atom. The van der Waals surface area contributed by atoms with Gasteiger partial charge in [-0.05, 0) is 114 Å². The Bertz CT molecular complexity index is 1980. The lowest BCUT2D eigenvalue weighted by atomic mass is 9.95. The minimum atomic E-state index is -3.82. The lowest BCUT2D eigenvalue weighted by Crippen LogP contribution is -2.42. The predicted octanol–water partition coefficient (Wildman–Crippen LogP) is 8.04. The van der Waals surface area contributed by atoms with Gasteiger partial charge < -0.3 is 28.8 Å². The first kappa shape index (κ1) is 42.0. The molecule has 0 saturated heterocycles. The van der Waals surface area contributed by atoms with E-state index < -0.39 is 27.5 Å². The molecule has 296 valence electrons. The van der Waals surface area contributed by atoms with Crippen LogP contribution in [0.3, 0.4) is 0 Å². The number of nitrogens with one attached hydrogen (secondary N) is 1. The van der Waals surface area contributed by atoms with E-state index in [1.165, 1.54) is 0 Å². The number of benzene rings is 3. The maximum absolute atomic E-state index is 13.9. The van der Waals surface area contributed by atoms with E-state index in [1.54, 1.807) is 36.8 Å². The smallest absolute Gasteiger partial charge is 0.266 e. The van der Waals surface area contributed by atoms with E-state index >= 15 is 0 Å². The van der Waals surface area contributed by atoms with Gasteiger partial charge >= 0.3 is 0 Å². The lowest BCUT2D eigenvalue weighted by Gasteiger charge is -2.36. The van der Waals surface area contributed by atoms with Crippen LogP contribution in [0.1, 0.15) is 71.1 Å². The number of anilines is 2. The zero-order chi connectivity index (χ0) is 39.4. The Labute approximate surface area is 329 Å². The lowest BCUT2D eigenvalue weighted by molar-refractivity contribution is -0.113. The SMILES string of the molecule is CCCCOCCOc1ccc(-c2ccc3c(c2)C=C(C(=O)Nc2ccc([S+]([O-])Cc4cncn4CCC)cc2)CC[C@H](OS(C)(=O)=O)N3CC(C)C)cc1. The summed E-state index contributed by atoms with van der Waals surface area (Å²) < 4.78 is 57.4. The molecule has 1 N–H and O–H groups in total. The van der Waals surface area contributed by atoms with Gasteiger partial charge in [0.2, 0.25) is 0 Å². The molecule has 11 nitrogen and oxygen atoms in total. The standard InChI is InChI=1S/C42H54N4O7S2/c1-6-8-22-51-23-24-52-38-15-9-32(10-16-38)33-11-19-40-35(25-33)26-34(12-20-41(53-55(5,49)50)46(40)28-31(3)4)42(47)44-36-13-17-39(18-14-36)54(48)29-37-27-43-30-45(37)21-7-2/h9-11,13-19,25-27,30-31,41H,6-8,12,20-24,28-29H2,1-5H3,(H,44,47)/t41-,54?/m0/s1. The first-order valence-electron chi connectivity index (χ1n) is 19.0. The number of unbranched alkanes of at least 4 members (excludes halogenated alkanes) is 1. The van der Waals surface area contributed by atoms with Crippen molar-refractivity contribution < 1.29 is 31.4 Å². The number of aromatic nitrogens is 2. The second-order valence-electron chi connectivity index (χ2n) is 14.2. The first-order chi connectivity index (χ1) is 26.4. The van der Waals surface area contributed by atoms with E-state index in [0.29, 0.717) is 41.7 Å². The number of ether oxygens (including phenoxy) is 2. The molecule has 5 rings (SSSR count). The minimum Gasteiger partial charge on any atom is -0.611 e. The van der Waals surface area contributed by atoms with Crippen molar-refractivity contribution in [2.24, 2.45) is 5.92 Å². The molecule has 1 aliphatic rings. The summed E-state index contributed by atoms with van der Waals surface area (Å²) in [4.78, 5) is 20.8. The molecule has 2 atom stereocenters. The number of hydrogen-bond acceptors (Lipinski definition) is 9. The molecule has 2 heterocycles. The largest absolute Gasteiger partial charge is 0.611 e. The monoisotopic (exact) mass is 790 g/mol. The van der Waals surface area contributed by atoms with Crippen LogP contribution in [0, 0.1) is 5.92 Å².